The molecule has 0 bridgehead atoms. The van der Waals surface area contributed by atoms with Crippen molar-refractivity contribution in [2.75, 3.05) is 26.8 Å². The summed E-state index contributed by atoms with van der Waals surface area (Å²) in [6.07, 6.45) is 3.73. The number of fused-ring (bicyclic) bond motifs is 1. The molecule has 2 aromatic rings. The van der Waals surface area contributed by atoms with Crippen LogP contribution in [0.2, 0.25) is 0 Å². The van der Waals surface area contributed by atoms with Gasteiger partial charge in [-0.1, -0.05) is 18.2 Å². The van der Waals surface area contributed by atoms with Crippen molar-refractivity contribution in [3.05, 3.63) is 36.0 Å². The van der Waals surface area contributed by atoms with Gasteiger partial charge in [0.2, 0.25) is 0 Å². The van der Waals surface area contributed by atoms with E-state index in [4.69, 9.17) is 9.47 Å². The lowest BCUT2D eigenvalue weighted by atomic mass is 9.98. The number of hydrogen-bond donors (Lipinski definition) is 1. The summed E-state index contributed by atoms with van der Waals surface area (Å²) in [6.45, 7) is 2.03. The molecule has 1 amide bonds. The topological polar surface area (TPSA) is 54.6 Å². The minimum Gasteiger partial charge on any atom is -0.379 e. The first kappa shape index (κ1) is 13.8. The number of amides is 1. The van der Waals surface area contributed by atoms with Crippen LogP contribution in [0.1, 0.15) is 23.2 Å². The van der Waals surface area contributed by atoms with Crippen molar-refractivity contribution in [1.82, 2.24) is 9.88 Å². The number of likely N-dealkylation sites (tertiary alicyclic amines) is 1. The van der Waals surface area contributed by atoms with Crippen LogP contribution in [-0.2, 0) is 9.47 Å². The molecule has 0 unspecified atom stereocenters. The average molecular weight is 300 g/mol. The van der Waals surface area contributed by atoms with E-state index in [0.29, 0.717) is 13.2 Å². The number of ether oxygens (including phenoxy) is 2. The van der Waals surface area contributed by atoms with Crippen LogP contribution in [0.3, 0.4) is 0 Å². The van der Waals surface area contributed by atoms with Gasteiger partial charge in [0.15, 0.2) is 0 Å². The van der Waals surface area contributed by atoms with Gasteiger partial charge in [-0.2, -0.15) is 0 Å². The molecule has 22 heavy (non-hydrogen) atoms. The minimum atomic E-state index is -0.206. The van der Waals surface area contributed by atoms with Gasteiger partial charge < -0.3 is 19.4 Å². The van der Waals surface area contributed by atoms with Crippen molar-refractivity contribution < 1.29 is 14.3 Å². The number of benzene rings is 1. The van der Waals surface area contributed by atoms with Gasteiger partial charge in [0, 0.05) is 37.2 Å². The average Bonchev–Trinajstić information content (AvgIpc) is 3.26. The molecule has 1 aromatic carbocycles. The molecule has 1 N–H and O–H groups in total. The molecule has 5 heteroatoms. The highest BCUT2D eigenvalue weighted by molar-refractivity contribution is 6.06. The summed E-state index contributed by atoms with van der Waals surface area (Å²) < 4.78 is 11.4. The van der Waals surface area contributed by atoms with Crippen molar-refractivity contribution in [2.24, 2.45) is 0 Å². The highest BCUT2D eigenvalue weighted by Gasteiger charge is 2.47. The number of carbonyl (C=O) groups excluding carboxylic acids is 1. The Kier molecular flexibility index (Phi) is 3.20. The third kappa shape index (κ3) is 2.12. The largest absolute Gasteiger partial charge is 0.379 e. The number of nitrogens with zero attached hydrogens (tertiary/aromatic N) is 1. The summed E-state index contributed by atoms with van der Waals surface area (Å²) >= 11 is 0. The first-order chi connectivity index (χ1) is 10.7. The smallest absolute Gasteiger partial charge is 0.256 e. The monoisotopic (exact) mass is 300 g/mol. The maximum Gasteiger partial charge on any atom is 0.256 e. The summed E-state index contributed by atoms with van der Waals surface area (Å²) in [5, 5.41) is 0.982. The second-order valence-electron chi connectivity index (χ2n) is 6.28. The number of nitrogens with one attached hydrogen (secondary N) is 1. The van der Waals surface area contributed by atoms with Crippen molar-refractivity contribution in [1.29, 1.82) is 0 Å². The van der Waals surface area contributed by atoms with E-state index in [1.165, 1.54) is 0 Å². The minimum absolute atomic E-state index is 0.0822. The number of rotatable bonds is 2. The molecule has 2 saturated heterocycles. The molecule has 116 valence electrons. The van der Waals surface area contributed by atoms with Crippen molar-refractivity contribution in [2.45, 2.75) is 24.5 Å². The van der Waals surface area contributed by atoms with E-state index in [-0.39, 0.29) is 17.6 Å². The zero-order valence-corrected chi connectivity index (χ0v) is 12.7. The second kappa shape index (κ2) is 5.11. The van der Waals surface area contributed by atoms with Gasteiger partial charge in [-0.05, 0) is 12.5 Å². The van der Waals surface area contributed by atoms with E-state index in [1.807, 2.05) is 35.4 Å². The Balaban J connectivity index is 1.55. The van der Waals surface area contributed by atoms with Crippen LogP contribution >= 0.6 is 0 Å². The fourth-order valence-corrected chi connectivity index (χ4v) is 3.68. The molecule has 2 atom stereocenters. The molecule has 0 aliphatic carbocycles. The molecule has 0 saturated carbocycles. The molecular formula is C17H20N2O3. The summed E-state index contributed by atoms with van der Waals surface area (Å²) in [4.78, 5) is 17.9. The molecule has 2 fully saturated rings. The molecule has 3 heterocycles. The highest BCUT2D eigenvalue weighted by Crippen LogP contribution is 2.36. The normalized spacial score (nSPS) is 28.0. The van der Waals surface area contributed by atoms with Gasteiger partial charge in [-0.25, -0.2) is 0 Å². The zero-order chi connectivity index (χ0) is 15.2. The van der Waals surface area contributed by atoms with Crippen LogP contribution in [-0.4, -0.2) is 54.3 Å². The number of hydrogen-bond acceptors (Lipinski definition) is 3. The number of H-pyrrole nitrogens is 1. The summed E-state index contributed by atoms with van der Waals surface area (Å²) in [7, 11) is 1.72. The van der Waals surface area contributed by atoms with Crippen LogP contribution in [0.25, 0.3) is 10.9 Å². The standard InChI is InChI=1S/C17H20N2O3/c1-21-12-8-17(22-10-12)6-7-19(11-17)16(20)14-9-18-15-5-3-2-4-13(14)15/h2-5,9,12,18H,6-8,10-11H2,1H3/t12-,17-/m0/s1. The van der Waals surface area contributed by atoms with Crippen molar-refractivity contribution in [3.8, 4) is 0 Å². The zero-order valence-electron chi connectivity index (χ0n) is 12.7. The molecule has 5 nitrogen and oxygen atoms in total. The Labute approximate surface area is 129 Å². The SMILES string of the molecule is CO[C@@H]1CO[C@@]2(CCN(C(=O)c3c[nH]c4ccccc34)C2)C1. The summed E-state index contributed by atoms with van der Waals surface area (Å²) in [6, 6.07) is 7.90. The number of aromatic amines is 1. The third-order valence-electron chi connectivity index (χ3n) is 4.93. The number of aromatic nitrogens is 1. The fourth-order valence-electron chi connectivity index (χ4n) is 3.68. The van der Waals surface area contributed by atoms with Gasteiger partial charge in [-0.3, -0.25) is 4.79 Å². The van der Waals surface area contributed by atoms with E-state index in [1.54, 1.807) is 7.11 Å². The lowest BCUT2D eigenvalue weighted by Gasteiger charge is -2.23. The highest BCUT2D eigenvalue weighted by atomic mass is 16.6. The van der Waals surface area contributed by atoms with E-state index in [0.717, 1.165) is 35.9 Å². The second-order valence-corrected chi connectivity index (χ2v) is 6.28. The Bertz CT molecular complexity index is 711. The van der Waals surface area contributed by atoms with Gasteiger partial charge in [0.25, 0.3) is 5.91 Å². The van der Waals surface area contributed by atoms with E-state index >= 15 is 0 Å². The molecular weight excluding hydrogens is 280 g/mol. The molecule has 2 aliphatic heterocycles. The Hall–Kier alpha value is -1.85. The number of para-hydroxylation sites is 1. The van der Waals surface area contributed by atoms with E-state index < -0.39 is 0 Å². The van der Waals surface area contributed by atoms with E-state index in [9.17, 15) is 4.79 Å². The molecule has 2 aliphatic rings. The van der Waals surface area contributed by atoms with Gasteiger partial charge in [-0.15, -0.1) is 0 Å². The predicted molar refractivity (Wildman–Crippen MR) is 82.9 cm³/mol. The molecule has 0 radical (unpaired) electrons. The predicted octanol–water partition coefficient (Wildman–Crippen LogP) is 2.19. The van der Waals surface area contributed by atoms with Crippen LogP contribution in [0.15, 0.2) is 30.5 Å². The van der Waals surface area contributed by atoms with Gasteiger partial charge in [0.1, 0.15) is 0 Å². The summed E-state index contributed by atoms with van der Waals surface area (Å²) in [5.74, 6) is 0.0822. The van der Waals surface area contributed by atoms with E-state index in [2.05, 4.69) is 4.98 Å². The van der Waals surface area contributed by atoms with Crippen LogP contribution in [0.5, 0.6) is 0 Å². The first-order valence-electron chi connectivity index (χ1n) is 7.73. The van der Waals surface area contributed by atoms with Crippen molar-refractivity contribution in [3.63, 3.8) is 0 Å². The molecule has 1 spiro atoms. The van der Waals surface area contributed by atoms with Gasteiger partial charge >= 0.3 is 0 Å². The maximum absolute atomic E-state index is 12.8. The number of carbonyl (C=O) groups is 1. The van der Waals surface area contributed by atoms with Gasteiger partial charge in [0.05, 0.1) is 30.4 Å². The number of methoxy groups -OCH3 is 1. The maximum atomic E-state index is 12.8. The quantitative estimate of drug-likeness (QED) is 0.925. The van der Waals surface area contributed by atoms with Crippen LogP contribution in [0, 0.1) is 0 Å². The molecule has 4 rings (SSSR count). The Morgan fingerprint density at radius 2 is 2.32 bits per heavy atom. The van der Waals surface area contributed by atoms with Crippen LogP contribution in [0.4, 0.5) is 0 Å². The fraction of sp³-hybridized carbons (Fsp3) is 0.471. The van der Waals surface area contributed by atoms with Crippen molar-refractivity contribution >= 4 is 16.8 Å². The first-order valence-corrected chi connectivity index (χ1v) is 7.73. The Morgan fingerprint density at radius 1 is 1.45 bits per heavy atom. The van der Waals surface area contributed by atoms with Crippen LogP contribution < -0.4 is 0 Å². The summed E-state index contributed by atoms with van der Waals surface area (Å²) in [5.41, 5.74) is 1.54. The third-order valence-corrected chi connectivity index (χ3v) is 4.93. The lowest BCUT2D eigenvalue weighted by molar-refractivity contribution is 0.00704. The lowest BCUT2D eigenvalue weighted by Crippen LogP contribution is -2.36. The molecule has 1 aromatic heterocycles. The Morgan fingerprint density at radius 3 is 3.14 bits per heavy atom.